The molecule has 0 heterocycles. The standard InChI is InChI=1S/C20H22BrClO2/c1-3-20(24)9-7-15-12-4-5-13-14(10-16(21)18(23)17(13)22)11(12)6-8-19(15,20)2/h1,10-12,15,23-24H,4-9H2,2H3/t11-,12+,15-,19-,20-/m0/s1. The average Bonchev–Trinajstić information content (AvgIpc) is 2.85. The highest BCUT2D eigenvalue weighted by Gasteiger charge is 2.61. The fourth-order valence-electron chi connectivity index (χ4n) is 5.89. The molecule has 0 amide bonds. The molecule has 0 aromatic heterocycles. The van der Waals surface area contributed by atoms with Crippen molar-refractivity contribution in [2.75, 3.05) is 0 Å². The molecule has 0 spiro atoms. The summed E-state index contributed by atoms with van der Waals surface area (Å²) in [4.78, 5) is 0. The molecule has 0 unspecified atom stereocenters. The Morgan fingerprint density at radius 2 is 2.08 bits per heavy atom. The highest BCUT2D eigenvalue weighted by Crippen LogP contribution is 2.64. The molecule has 4 heteroatoms. The van der Waals surface area contributed by atoms with Crippen LogP contribution in [0.15, 0.2) is 10.5 Å². The van der Waals surface area contributed by atoms with E-state index in [0.29, 0.717) is 33.7 Å². The third-order valence-corrected chi connectivity index (χ3v) is 8.30. The molecule has 3 aliphatic carbocycles. The quantitative estimate of drug-likeness (QED) is 0.590. The van der Waals surface area contributed by atoms with Gasteiger partial charge in [-0.2, -0.15) is 0 Å². The lowest BCUT2D eigenvalue weighted by Crippen LogP contribution is -2.50. The van der Waals surface area contributed by atoms with E-state index in [9.17, 15) is 10.2 Å². The van der Waals surface area contributed by atoms with Crippen molar-refractivity contribution in [1.82, 2.24) is 0 Å². The Kier molecular flexibility index (Phi) is 3.77. The van der Waals surface area contributed by atoms with Crippen molar-refractivity contribution < 1.29 is 10.2 Å². The van der Waals surface area contributed by atoms with E-state index in [2.05, 4.69) is 34.8 Å². The van der Waals surface area contributed by atoms with Crippen LogP contribution in [0.4, 0.5) is 0 Å². The van der Waals surface area contributed by atoms with Crippen LogP contribution in [-0.4, -0.2) is 15.8 Å². The fourth-order valence-corrected chi connectivity index (χ4v) is 6.76. The zero-order valence-corrected chi connectivity index (χ0v) is 16.1. The van der Waals surface area contributed by atoms with Crippen LogP contribution in [0, 0.1) is 29.6 Å². The number of phenolic OH excluding ortho intramolecular Hbond substituents is 1. The van der Waals surface area contributed by atoms with Gasteiger partial charge in [0.1, 0.15) is 11.4 Å². The normalized spacial score (nSPS) is 40.4. The Morgan fingerprint density at radius 1 is 1.33 bits per heavy atom. The lowest BCUT2D eigenvalue weighted by molar-refractivity contribution is -0.0647. The number of hydrogen-bond donors (Lipinski definition) is 2. The van der Waals surface area contributed by atoms with Crippen molar-refractivity contribution in [2.24, 2.45) is 17.3 Å². The minimum Gasteiger partial charge on any atom is -0.505 e. The van der Waals surface area contributed by atoms with E-state index in [0.717, 1.165) is 37.7 Å². The molecule has 0 saturated heterocycles. The molecule has 4 rings (SSSR count). The summed E-state index contributed by atoms with van der Waals surface area (Å²) in [5.74, 6) is 4.30. The van der Waals surface area contributed by atoms with Crippen molar-refractivity contribution in [1.29, 1.82) is 0 Å². The van der Waals surface area contributed by atoms with Gasteiger partial charge in [0.15, 0.2) is 0 Å². The summed E-state index contributed by atoms with van der Waals surface area (Å²) >= 11 is 9.84. The van der Waals surface area contributed by atoms with Crippen LogP contribution in [0.25, 0.3) is 0 Å². The first-order valence-electron chi connectivity index (χ1n) is 8.72. The lowest BCUT2D eigenvalue weighted by Gasteiger charge is -2.52. The van der Waals surface area contributed by atoms with Crippen LogP contribution in [0.5, 0.6) is 5.75 Å². The second-order valence-corrected chi connectivity index (χ2v) is 9.24. The van der Waals surface area contributed by atoms with Crippen molar-refractivity contribution in [2.45, 2.75) is 57.0 Å². The van der Waals surface area contributed by atoms with Gasteiger partial charge in [-0.05, 0) is 89.4 Å². The molecular formula is C20H22BrClO2. The van der Waals surface area contributed by atoms with Crippen LogP contribution >= 0.6 is 27.5 Å². The van der Waals surface area contributed by atoms with Crippen molar-refractivity contribution in [3.63, 3.8) is 0 Å². The van der Waals surface area contributed by atoms with Crippen LogP contribution in [0.1, 0.15) is 56.1 Å². The van der Waals surface area contributed by atoms with Crippen molar-refractivity contribution in [3.05, 3.63) is 26.7 Å². The zero-order valence-electron chi connectivity index (χ0n) is 13.8. The summed E-state index contributed by atoms with van der Waals surface area (Å²) in [5.41, 5.74) is 1.24. The van der Waals surface area contributed by atoms with Crippen molar-refractivity contribution >= 4 is 27.5 Å². The number of phenols is 1. The van der Waals surface area contributed by atoms with Gasteiger partial charge in [0.25, 0.3) is 0 Å². The number of halogens is 2. The van der Waals surface area contributed by atoms with Crippen molar-refractivity contribution in [3.8, 4) is 18.1 Å². The molecule has 0 bridgehead atoms. The lowest BCUT2D eigenvalue weighted by atomic mass is 9.53. The van der Waals surface area contributed by atoms with Gasteiger partial charge in [-0.3, -0.25) is 0 Å². The SMILES string of the molecule is C#C[C@]1(O)CC[C@H]2[C@@H]3CCc4c(cc(Br)c(O)c4Cl)[C@H]3CC[C@@]21C. The number of aliphatic hydroxyl groups is 1. The van der Waals surface area contributed by atoms with E-state index < -0.39 is 5.60 Å². The van der Waals surface area contributed by atoms with Gasteiger partial charge in [-0.1, -0.05) is 24.4 Å². The molecule has 2 saturated carbocycles. The highest BCUT2D eigenvalue weighted by molar-refractivity contribution is 9.10. The molecular weight excluding hydrogens is 388 g/mol. The molecule has 1 aromatic rings. The van der Waals surface area contributed by atoms with E-state index in [1.165, 1.54) is 5.56 Å². The number of benzene rings is 1. The Bertz CT molecular complexity index is 755. The van der Waals surface area contributed by atoms with E-state index in [-0.39, 0.29) is 11.2 Å². The Balaban J connectivity index is 1.76. The summed E-state index contributed by atoms with van der Waals surface area (Å²) in [5, 5.41) is 21.6. The van der Waals surface area contributed by atoms with Gasteiger partial charge in [0.2, 0.25) is 0 Å². The van der Waals surface area contributed by atoms with Crippen LogP contribution < -0.4 is 0 Å². The average molecular weight is 410 g/mol. The molecule has 3 aliphatic rings. The number of rotatable bonds is 0. The van der Waals surface area contributed by atoms with Gasteiger partial charge in [-0.15, -0.1) is 6.42 Å². The number of terminal acetylenes is 1. The van der Waals surface area contributed by atoms with E-state index in [1.54, 1.807) is 0 Å². The maximum absolute atomic E-state index is 11.0. The third kappa shape index (κ3) is 2.00. The molecule has 2 fully saturated rings. The summed E-state index contributed by atoms with van der Waals surface area (Å²) < 4.78 is 0.673. The topological polar surface area (TPSA) is 40.5 Å². The maximum Gasteiger partial charge on any atom is 0.148 e. The number of aromatic hydroxyl groups is 1. The fraction of sp³-hybridized carbons (Fsp3) is 0.600. The van der Waals surface area contributed by atoms with E-state index >= 15 is 0 Å². The molecule has 0 aliphatic heterocycles. The van der Waals surface area contributed by atoms with Gasteiger partial charge in [0, 0.05) is 5.41 Å². The molecule has 24 heavy (non-hydrogen) atoms. The Hall–Kier alpha value is -0.690. The largest absolute Gasteiger partial charge is 0.505 e. The van der Waals surface area contributed by atoms with E-state index in [4.69, 9.17) is 18.0 Å². The van der Waals surface area contributed by atoms with Crippen LogP contribution in [-0.2, 0) is 6.42 Å². The van der Waals surface area contributed by atoms with Gasteiger partial charge in [-0.25, -0.2) is 0 Å². The first-order valence-corrected chi connectivity index (χ1v) is 9.89. The summed E-state index contributed by atoms with van der Waals surface area (Å²) in [6, 6.07) is 2.05. The van der Waals surface area contributed by atoms with Gasteiger partial charge < -0.3 is 10.2 Å². The molecule has 128 valence electrons. The first-order chi connectivity index (χ1) is 11.3. The maximum atomic E-state index is 11.0. The minimum atomic E-state index is -0.962. The predicted octanol–water partition coefficient (Wildman–Crippen LogP) is 5.03. The smallest absolute Gasteiger partial charge is 0.148 e. The minimum absolute atomic E-state index is 0.150. The molecule has 5 atom stereocenters. The Morgan fingerprint density at radius 3 is 2.79 bits per heavy atom. The molecule has 2 nitrogen and oxygen atoms in total. The third-order valence-electron chi connectivity index (χ3n) is 7.28. The van der Waals surface area contributed by atoms with Crippen LogP contribution in [0.2, 0.25) is 5.02 Å². The predicted molar refractivity (Wildman–Crippen MR) is 99.2 cm³/mol. The summed E-state index contributed by atoms with van der Waals surface area (Å²) in [6.45, 7) is 2.19. The summed E-state index contributed by atoms with van der Waals surface area (Å²) in [6.07, 6.45) is 11.3. The second-order valence-electron chi connectivity index (χ2n) is 8.00. The first kappa shape index (κ1) is 16.8. The van der Waals surface area contributed by atoms with Gasteiger partial charge >= 0.3 is 0 Å². The van der Waals surface area contributed by atoms with E-state index in [1.807, 2.05) is 0 Å². The van der Waals surface area contributed by atoms with Crippen LogP contribution in [0.3, 0.4) is 0 Å². The Labute approximate surface area is 156 Å². The molecule has 0 radical (unpaired) electrons. The zero-order chi connectivity index (χ0) is 17.3. The monoisotopic (exact) mass is 408 g/mol. The number of hydrogen-bond acceptors (Lipinski definition) is 2. The van der Waals surface area contributed by atoms with Gasteiger partial charge in [0.05, 0.1) is 9.50 Å². The highest BCUT2D eigenvalue weighted by atomic mass is 79.9. The number of fused-ring (bicyclic) bond motifs is 5. The molecule has 2 N–H and O–H groups in total. The second kappa shape index (κ2) is 5.40. The summed E-state index contributed by atoms with van der Waals surface area (Å²) in [7, 11) is 0. The molecule has 1 aromatic carbocycles.